The van der Waals surface area contributed by atoms with Gasteiger partial charge in [0.1, 0.15) is 30.5 Å². The third-order valence-electron chi connectivity index (χ3n) is 5.13. The first-order valence-electron chi connectivity index (χ1n) is 9.43. The van der Waals surface area contributed by atoms with Crippen LogP contribution in [0.4, 0.5) is 5.82 Å². The minimum Gasteiger partial charge on any atom is -0.387 e. The number of rotatable bonds is 5. The zero-order valence-corrected chi connectivity index (χ0v) is 19.0. The molecule has 1 fully saturated rings. The molecule has 5 rings (SSSR count). The standard InChI is InChI=1S/C19H16ClIN6O5/c20-18-24-16(22-7-9-2-1-3-10(21)6-9)12-17(25-18)27(8-23-12)19(30)15(29)13(28)14(32-19)11-4-5-31-26-11/h1-6,8,13-15,28-30H,7H2,(H,22,24,25)/t13-,14?,15-,19?/m1/s1. The van der Waals surface area contributed by atoms with Crippen molar-refractivity contribution >= 4 is 51.2 Å². The lowest BCUT2D eigenvalue weighted by atomic mass is 10.1. The highest BCUT2D eigenvalue weighted by molar-refractivity contribution is 14.1. The number of anilines is 1. The highest BCUT2D eigenvalue weighted by Gasteiger charge is 2.57. The summed E-state index contributed by atoms with van der Waals surface area (Å²) in [5.74, 6) is -2.05. The Morgan fingerprint density at radius 1 is 1.25 bits per heavy atom. The zero-order valence-electron chi connectivity index (χ0n) is 16.1. The van der Waals surface area contributed by atoms with E-state index in [9.17, 15) is 15.3 Å². The Balaban J connectivity index is 1.50. The average molecular weight is 571 g/mol. The summed E-state index contributed by atoms with van der Waals surface area (Å²) in [4.78, 5) is 12.6. The Morgan fingerprint density at radius 3 is 2.84 bits per heavy atom. The first-order valence-corrected chi connectivity index (χ1v) is 10.9. The normalized spacial score (nSPS) is 25.5. The van der Waals surface area contributed by atoms with Gasteiger partial charge < -0.3 is 29.9 Å². The number of nitrogens with one attached hydrogen (secondary N) is 1. The lowest BCUT2D eigenvalue weighted by molar-refractivity contribution is -0.286. The second-order valence-electron chi connectivity index (χ2n) is 7.17. The summed E-state index contributed by atoms with van der Waals surface area (Å²) in [5.41, 5.74) is 1.63. The summed E-state index contributed by atoms with van der Waals surface area (Å²) >= 11 is 8.35. The Morgan fingerprint density at radius 2 is 2.09 bits per heavy atom. The van der Waals surface area contributed by atoms with Crippen molar-refractivity contribution in [2.24, 2.45) is 0 Å². The predicted octanol–water partition coefficient (Wildman–Crippen LogP) is 1.78. The second-order valence-corrected chi connectivity index (χ2v) is 8.75. The van der Waals surface area contributed by atoms with Crippen molar-refractivity contribution in [1.82, 2.24) is 24.7 Å². The molecule has 0 radical (unpaired) electrons. The van der Waals surface area contributed by atoms with Crippen LogP contribution in [0.25, 0.3) is 11.2 Å². The lowest BCUT2D eigenvalue weighted by Gasteiger charge is -2.27. The van der Waals surface area contributed by atoms with E-state index < -0.39 is 24.2 Å². The van der Waals surface area contributed by atoms with E-state index in [0.717, 1.165) is 13.7 Å². The number of hydrogen-bond acceptors (Lipinski definition) is 10. The monoisotopic (exact) mass is 570 g/mol. The fraction of sp³-hybridized carbons (Fsp3) is 0.263. The zero-order chi connectivity index (χ0) is 22.5. The molecule has 0 aliphatic carbocycles. The van der Waals surface area contributed by atoms with Gasteiger partial charge in [0.25, 0.3) is 5.91 Å². The van der Waals surface area contributed by atoms with Crippen LogP contribution < -0.4 is 5.32 Å². The van der Waals surface area contributed by atoms with Crippen LogP contribution in [0.1, 0.15) is 17.4 Å². The highest BCUT2D eigenvalue weighted by atomic mass is 127. The van der Waals surface area contributed by atoms with Crippen LogP contribution >= 0.6 is 34.2 Å². The predicted molar refractivity (Wildman–Crippen MR) is 119 cm³/mol. The van der Waals surface area contributed by atoms with Crippen LogP contribution in [0.2, 0.25) is 5.28 Å². The molecule has 4 atom stereocenters. The minimum absolute atomic E-state index is 0.102. The molecule has 1 saturated heterocycles. The number of imidazole rings is 1. The maximum absolute atomic E-state index is 11.2. The van der Waals surface area contributed by atoms with Crippen molar-refractivity contribution in [1.29, 1.82) is 0 Å². The minimum atomic E-state index is -2.39. The number of aromatic nitrogens is 5. The van der Waals surface area contributed by atoms with E-state index in [4.69, 9.17) is 20.9 Å². The smallest absolute Gasteiger partial charge is 0.286 e. The largest absolute Gasteiger partial charge is 0.387 e. The maximum atomic E-state index is 11.2. The van der Waals surface area contributed by atoms with Gasteiger partial charge in [0, 0.05) is 16.2 Å². The summed E-state index contributed by atoms with van der Waals surface area (Å²) in [7, 11) is 0. The maximum Gasteiger partial charge on any atom is 0.286 e. The first kappa shape index (κ1) is 21.5. The Labute approximate surface area is 199 Å². The SMILES string of the molecule is O[C@@H]1C(c2ccon2)OC(O)(n2cnc3c(NCc4cccc(I)c4)nc(Cl)nc32)[C@@H]1O. The molecule has 2 unspecified atom stereocenters. The fourth-order valence-corrected chi connectivity index (χ4v) is 4.35. The lowest BCUT2D eigenvalue weighted by Crippen LogP contribution is -2.45. The Kier molecular flexibility index (Phi) is 5.51. The summed E-state index contributed by atoms with van der Waals surface area (Å²) in [6.45, 7) is 0.447. The summed E-state index contributed by atoms with van der Waals surface area (Å²) in [6, 6.07) is 9.37. The van der Waals surface area contributed by atoms with Gasteiger partial charge in [-0.05, 0) is 51.9 Å². The van der Waals surface area contributed by atoms with Gasteiger partial charge in [-0.15, -0.1) is 0 Å². The molecule has 0 spiro atoms. The van der Waals surface area contributed by atoms with Crippen LogP contribution in [0, 0.1) is 3.57 Å². The highest BCUT2D eigenvalue weighted by Crippen LogP contribution is 2.42. The molecule has 1 aliphatic rings. The molecular formula is C19H16ClIN6O5. The van der Waals surface area contributed by atoms with Crippen molar-refractivity contribution in [2.75, 3.05) is 5.32 Å². The van der Waals surface area contributed by atoms with Gasteiger partial charge in [-0.25, -0.2) is 4.98 Å². The average Bonchev–Trinajstić information content (AvgIpc) is 3.49. The van der Waals surface area contributed by atoms with Gasteiger partial charge in [-0.3, -0.25) is 4.57 Å². The third-order valence-corrected chi connectivity index (χ3v) is 5.97. The van der Waals surface area contributed by atoms with Crippen LogP contribution in [0.5, 0.6) is 0 Å². The van der Waals surface area contributed by atoms with Gasteiger partial charge in [0.15, 0.2) is 23.1 Å². The molecule has 11 nitrogen and oxygen atoms in total. The fourth-order valence-electron chi connectivity index (χ4n) is 3.58. The van der Waals surface area contributed by atoms with E-state index in [1.807, 2.05) is 24.3 Å². The molecule has 32 heavy (non-hydrogen) atoms. The first-order chi connectivity index (χ1) is 15.4. The number of nitrogens with zero attached hydrogens (tertiary/aromatic N) is 5. The molecule has 1 aromatic carbocycles. The molecule has 166 valence electrons. The second kappa shape index (κ2) is 8.20. The van der Waals surface area contributed by atoms with Crippen LogP contribution in [-0.2, 0) is 17.2 Å². The van der Waals surface area contributed by atoms with Gasteiger partial charge in [0.2, 0.25) is 5.28 Å². The van der Waals surface area contributed by atoms with Crippen molar-refractivity contribution in [2.45, 2.75) is 30.8 Å². The van der Waals surface area contributed by atoms with Gasteiger partial charge in [-0.2, -0.15) is 9.97 Å². The molecule has 4 heterocycles. The summed E-state index contributed by atoms with van der Waals surface area (Å²) < 4.78 is 12.6. The number of halogens is 2. The molecule has 4 aromatic rings. The van der Waals surface area contributed by atoms with Gasteiger partial charge in [0.05, 0.1) is 0 Å². The topological polar surface area (TPSA) is 152 Å². The third kappa shape index (κ3) is 3.62. The van der Waals surface area contributed by atoms with Gasteiger partial charge >= 0.3 is 0 Å². The number of hydrogen-bond donors (Lipinski definition) is 4. The van der Waals surface area contributed by atoms with Gasteiger partial charge in [-0.1, -0.05) is 17.3 Å². The number of benzene rings is 1. The van der Waals surface area contributed by atoms with E-state index in [2.05, 4.69) is 48.0 Å². The molecular weight excluding hydrogens is 555 g/mol. The Bertz CT molecular complexity index is 1270. The van der Waals surface area contributed by atoms with E-state index in [0.29, 0.717) is 17.9 Å². The van der Waals surface area contributed by atoms with Crippen molar-refractivity contribution in [3.63, 3.8) is 0 Å². The van der Waals surface area contributed by atoms with Crippen molar-refractivity contribution in [3.8, 4) is 0 Å². The van der Waals surface area contributed by atoms with E-state index in [-0.39, 0.29) is 16.6 Å². The van der Waals surface area contributed by atoms with E-state index >= 15 is 0 Å². The number of fused-ring (bicyclic) bond motifs is 1. The van der Waals surface area contributed by atoms with Crippen LogP contribution in [0.15, 0.2) is 47.4 Å². The van der Waals surface area contributed by atoms with Crippen LogP contribution in [-0.4, -0.2) is 52.2 Å². The van der Waals surface area contributed by atoms with Crippen molar-refractivity contribution < 1.29 is 24.6 Å². The van der Waals surface area contributed by atoms with E-state index in [1.54, 1.807) is 0 Å². The number of ether oxygens (including phenoxy) is 1. The Hall–Kier alpha value is -2.36. The van der Waals surface area contributed by atoms with Crippen molar-refractivity contribution in [3.05, 3.63) is 63.0 Å². The summed E-state index contributed by atoms with van der Waals surface area (Å²) in [6.07, 6.45) is -1.84. The molecule has 1 aliphatic heterocycles. The summed E-state index contributed by atoms with van der Waals surface area (Å²) in [5, 5.41) is 39.0. The van der Waals surface area contributed by atoms with E-state index in [1.165, 1.54) is 18.7 Å². The quantitative estimate of drug-likeness (QED) is 0.206. The number of aliphatic hydroxyl groups excluding tert-OH is 2. The molecule has 3 aromatic heterocycles. The molecule has 0 saturated carbocycles. The molecule has 4 N–H and O–H groups in total. The number of aliphatic hydroxyl groups is 3. The molecule has 13 heteroatoms. The molecule has 0 amide bonds. The molecule has 0 bridgehead atoms. The van der Waals surface area contributed by atoms with Crippen LogP contribution in [0.3, 0.4) is 0 Å².